The van der Waals surface area contributed by atoms with Gasteiger partial charge in [0, 0.05) is 25.2 Å². The molecule has 1 aliphatic heterocycles. The SMILES string of the molecule is CCn1c2c(c(=O)n(CC)c1=O)CC=C(C)N2. The molecule has 1 aromatic heterocycles. The molecular formula is C12H17N3O2. The van der Waals surface area contributed by atoms with Crippen molar-refractivity contribution in [2.45, 2.75) is 40.3 Å². The Kier molecular flexibility index (Phi) is 2.92. The van der Waals surface area contributed by atoms with E-state index in [-0.39, 0.29) is 11.2 Å². The van der Waals surface area contributed by atoms with Crippen molar-refractivity contribution in [2.24, 2.45) is 0 Å². The maximum absolute atomic E-state index is 12.1. The van der Waals surface area contributed by atoms with Crippen LogP contribution in [0.5, 0.6) is 0 Å². The Morgan fingerprint density at radius 3 is 2.47 bits per heavy atom. The van der Waals surface area contributed by atoms with E-state index in [1.54, 1.807) is 4.57 Å². The minimum atomic E-state index is -0.235. The summed E-state index contributed by atoms with van der Waals surface area (Å²) in [6.07, 6.45) is 2.56. The van der Waals surface area contributed by atoms with E-state index in [1.807, 2.05) is 26.8 Å². The lowest BCUT2D eigenvalue weighted by atomic mass is 10.1. The fraction of sp³-hybridized carbons (Fsp3) is 0.500. The van der Waals surface area contributed by atoms with Gasteiger partial charge < -0.3 is 5.32 Å². The molecule has 0 saturated heterocycles. The van der Waals surface area contributed by atoms with E-state index in [0.717, 1.165) is 5.70 Å². The van der Waals surface area contributed by atoms with Crippen molar-refractivity contribution in [3.8, 4) is 0 Å². The van der Waals surface area contributed by atoms with Crippen molar-refractivity contribution in [3.05, 3.63) is 38.2 Å². The zero-order chi connectivity index (χ0) is 12.6. The van der Waals surface area contributed by atoms with Gasteiger partial charge >= 0.3 is 5.69 Å². The van der Waals surface area contributed by atoms with E-state index in [2.05, 4.69) is 5.32 Å². The normalized spacial score (nSPS) is 13.9. The van der Waals surface area contributed by atoms with Crippen LogP contribution in [0.4, 0.5) is 5.82 Å². The van der Waals surface area contributed by atoms with Crippen LogP contribution in [0.15, 0.2) is 21.4 Å². The highest BCUT2D eigenvalue weighted by atomic mass is 16.2. The smallest absolute Gasteiger partial charge is 0.332 e. The van der Waals surface area contributed by atoms with Gasteiger partial charge in [-0.15, -0.1) is 0 Å². The summed E-state index contributed by atoms with van der Waals surface area (Å²) in [6, 6.07) is 0. The number of anilines is 1. The standard InChI is InChI=1S/C12H17N3O2/c1-4-14-10-9(7-6-8(3)13-10)11(16)15(5-2)12(14)17/h6,13H,4-5,7H2,1-3H3. The van der Waals surface area contributed by atoms with Crippen LogP contribution in [0.2, 0.25) is 0 Å². The zero-order valence-electron chi connectivity index (χ0n) is 10.4. The van der Waals surface area contributed by atoms with E-state index in [9.17, 15) is 9.59 Å². The molecule has 2 rings (SSSR count). The third-order valence-corrected chi connectivity index (χ3v) is 3.08. The monoisotopic (exact) mass is 235 g/mol. The van der Waals surface area contributed by atoms with E-state index >= 15 is 0 Å². The van der Waals surface area contributed by atoms with Crippen LogP contribution in [-0.4, -0.2) is 9.13 Å². The molecule has 0 bridgehead atoms. The van der Waals surface area contributed by atoms with Gasteiger partial charge in [-0.05, 0) is 20.8 Å². The molecule has 5 nitrogen and oxygen atoms in total. The Bertz CT molecular complexity index is 593. The lowest BCUT2D eigenvalue weighted by molar-refractivity contribution is 0.584. The van der Waals surface area contributed by atoms with Gasteiger partial charge in [0.2, 0.25) is 0 Å². The first kappa shape index (κ1) is 11.7. The van der Waals surface area contributed by atoms with Crippen LogP contribution in [0.25, 0.3) is 0 Å². The highest BCUT2D eigenvalue weighted by Gasteiger charge is 2.19. The van der Waals surface area contributed by atoms with Gasteiger partial charge in [0.1, 0.15) is 5.82 Å². The van der Waals surface area contributed by atoms with Crippen molar-refractivity contribution in [1.82, 2.24) is 9.13 Å². The first-order valence-corrected chi connectivity index (χ1v) is 5.90. The average molecular weight is 235 g/mol. The topological polar surface area (TPSA) is 56.0 Å². The average Bonchev–Trinajstić information content (AvgIpc) is 2.30. The number of aromatic nitrogens is 2. The van der Waals surface area contributed by atoms with Gasteiger partial charge in [0.25, 0.3) is 5.56 Å². The number of nitrogens with zero attached hydrogens (tertiary/aromatic N) is 2. The van der Waals surface area contributed by atoms with Crippen LogP contribution < -0.4 is 16.6 Å². The van der Waals surface area contributed by atoms with Crippen molar-refractivity contribution in [1.29, 1.82) is 0 Å². The molecule has 92 valence electrons. The Morgan fingerprint density at radius 2 is 1.88 bits per heavy atom. The molecule has 0 amide bonds. The molecule has 0 spiro atoms. The van der Waals surface area contributed by atoms with Gasteiger partial charge in [-0.1, -0.05) is 6.08 Å². The second-order valence-electron chi connectivity index (χ2n) is 4.12. The summed E-state index contributed by atoms with van der Waals surface area (Å²) in [4.78, 5) is 24.2. The molecule has 0 fully saturated rings. The first-order valence-electron chi connectivity index (χ1n) is 5.90. The summed E-state index contributed by atoms with van der Waals surface area (Å²) in [5.74, 6) is 0.659. The molecule has 1 aliphatic rings. The molecule has 0 aliphatic carbocycles. The van der Waals surface area contributed by atoms with E-state index in [4.69, 9.17) is 0 Å². The molecule has 0 saturated carbocycles. The fourth-order valence-electron chi connectivity index (χ4n) is 2.15. The third-order valence-electron chi connectivity index (χ3n) is 3.08. The fourth-order valence-corrected chi connectivity index (χ4v) is 2.15. The maximum Gasteiger partial charge on any atom is 0.332 e. The zero-order valence-corrected chi connectivity index (χ0v) is 10.4. The molecule has 0 unspecified atom stereocenters. The summed E-state index contributed by atoms with van der Waals surface area (Å²) >= 11 is 0. The molecule has 5 heteroatoms. The summed E-state index contributed by atoms with van der Waals surface area (Å²) in [5, 5.41) is 3.12. The minimum Gasteiger partial charge on any atom is -0.345 e. The summed E-state index contributed by atoms with van der Waals surface area (Å²) < 4.78 is 2.91. The van der Waals surface area contributed by atoms with Gasteiger partial charge in [-0.2, -0.15) is 0 Å². The van der Waals surface area contributed by atoms with Crippen LogP contribution >= 0.6 is 0 Å². The van der Waals surface area contributed by atoms with Crippen LogP contribution in [0.1, 0.15) is 26.3 Å². The minimum absolute atomic E-state index is 0.173. The largest absolute Gasteiger partial charge is 0.345 e. The van der Waals surface area contributed by atoms with Crippen molar-refractivity contribution in [3.63, 3.8) is 0 Å². The third kappa shape index (κ3) is 1.71. The number of hydrogen-bond donors (Lipinski definition) is 1. The van der Waals surface area contributed by atoms with E-state index < -0.39 is 0 Å². The van der Waals surface area contributed by atoms with E-state index in [1.165, 1.54) is 4.57 Å². The quantitative estimate of drug-likeness (QED) is 0.829. The lowest BCUT2D eigenvalue weighted by Crippen LogP contribution is -2.43. The van der Waals surface area contributed by atoms with Crippen LogP contribution in [0.3, 0.4) is 0 Å². The van der Waals surface area contributed by atoms with Gasteiger partial charge in [-0.3, -0.25) is 13.9 Å². The lowest BCUT2D eigenvalue weighted by Gasteiger charge is -2.22. The van der Waals surface area contributed by atoms with Crippen LogP contribution in [-0.2, 0) is 19.5 Å². The first-order chi connectivity index (χ1) is 8.10. The van der Waals surface area contributed by atoms with E-state index in [0.29, 0.717) is 30.9 Å². The second kappa shape index (κ2) is 4.24. The summed E-state index contributed by atoms with van der Waals surface area (Å²) in [5.41, 5.74) is 1.25. The van der Waals surface area contributed by atoms with Gasteiger partial charge in [-0.25, -0.2) is 4.79 Å². The van der Waals surface area contributed by atoms with Crippen LogP contribution in [0, 0.1) is 0 Å². The Hall–Kier alpha value is -1.78. The van der Waals surface area contributed by atoms with Crippen molar-refractivity contribution in [2.75, 3.05) is 5.32 Å². The molecule has 0 radical (unpaired) electrons. The maximum atomic E-state index is 12.1. The molecule has 17 heavy (non-hydrogen) atoms. The Balaban J connectivity index is 2.80. The van der Waals surface area contributed by atoms with Gasteiger partial charge in [0.05, 0.1) is 5.56 Å². The highest BCUT2D eigenvalue weighted by Crippen LogP contribution is 2.18. The number of rotatable bonds is 2. The number of allylic oxidation sites excluding steroid dienone is 2. The Morgan fingerprint density at radius 1 is 1.24 bits per heavy atom. The number of fused-ring (bicyclic) bond motifs is 1. The highest BCUT2D eigenvalue weighted by molar-refractivity contribution is 5.52. The molecule has 0 atom stereocenters. The predicted octanol–water partition coefficient (Wildman–Crippen LogP) is 0.922. The molecule has 1 N–H and O–H groups in total. The second-order valence-corrected chi connectivity index (χ2v) is 4.12. The summed E-state index contributed by atoms with van der Waals surface area (Å²) in [7, 11) is 0. The van der Waals surface area contributed by atoms with Crippen molar-refractivity contribution >= 4 is 5.82 Å². The molecule has 0 aromatic carbocycles. The molecule has 1 aromatic rings. The van der Waals surface area contributed by atoms with Crippen molar-refractivity contribution < 1.29 is 0 Å². The Labute approximate surface area is 99.4 Å². The summed E-state index contributed by atoms with van der Waals surface area (Å²) in [6.45, 7) is 6.61. The predicted molar refractivity (Wildman–Crippen MR) is 67.4 cm³/mol. The molecular weight excluding hydrogens is 218 g/mol. The van der Waals surface area contributed by atoms with Gasteiger partial charge in [0.15, 0.2) is 0 Å². The number of nitrogens with one attached hydrogen (secondary N) is 1. The number of hydrogen-bond acceptors (Lipinski definition) is 3. The molecule has 2 heterocycles.